The Kier molecular flexibility index (Phi) is 11.2. The maximum atomic E-state index is 12.9. The fraction of sp³-hybridized carbons (Fsp3) is 0.960. The molecule has 4 fully saturated rings. The largest absolute Gasteiger partial charge is 0.394 e. The summed E-state index contributed by atoms with van der Waals surface area (Å²) in [4.78, 5) is 12.9. The lowest BCUT2D eigenvalue weighted by Crippen LogP contribution is -2.70. The number of amides is 1. The molecule has 244 valence electrons. The van der Waals surface area contributed by atoms with Crippen LogP contribution in [0.15, 0.2) is 0 Å². The van der Waals surface area contributed by atoms with Crippen molar-refractivity contribution in [3.8, 4) is 0 Å². The molecular weight excluding hydrogens is 558 g/mol. The number of ether oxygens (including phenoxy) is 3. The van der Waals surface area contributed by atoms with E-state index >= 15 is 0 Å². The van der Waals surface area contributed by atoms with Crippen molar-refractivity contribution in [3.63, 3.8) is 0 Å². The second kappa shape index (κ2) is 13.9. The van der Waals surface area contributed by atoms with Gasteiger partial charge in [-0.05, 0) is 32.4 Å². The van der Waals surface area contributed by atoms with Gasteiger partial charge in [-0.25, -0.2) is 0 Å². The topological polar surface area (TPSA) is 320 Å². The molecule has 0 bridgehead atoms. The van der Waals surface area contributed by atoms with Crippen LogP contribution in [0, 0.1) is 5.92 Å². The Morgan fingerprint density at radius 3 is 2.26 bits per heavy atom. The van der Waals surface area contributed by atoms with Crippen molar-refractivity contribution in [2.24, 2.45) is 34.6 Å². The van der Waals surface area contributed by atoms with E-state index < -0.39 is 109 Å². The maximum absolute atomic E-state index is 12.9. The molecule has 0 spiro atoms. The Hall–Kier alpha value is -1.13. The minimum Gasteiger partial charge on any atom is -0.394 e. The quantitative estimate of drug-likeness (QED) is 0.0970. The molecule has 2 aliphatic carbocycles. The van der Waals surface area contributed by atoms with Crippen molar-refractivity contribution in [2.45, 2.75) is 117 Å². The molecule has 4 aliphatic rings. The fourth-order valence-corrected chi connectivity index (χ4v) is 6.36. The predicted molar refractivity (Wildman–Crippen MR) is 146 cm³/mol. The molecule has 1 amide bonds. The summed E-state index contributed by atoms with van der Waals surface area (Å²) >= 11 is 0. The average molecular weight is 608 g/mol. The summed E-state index contributed by atoms with van der Waals surface area (Å²) in [6.07, 6.45) is -9.69. The summed E-state index contributed by atoms with van der Waals surface area (Å²) < 4.78 is 17.9. The molecule has 0 aromatic rings. The first-order valence-electron chi connectivity index (χ1n) is 14.6. The van der Waals surface area contributed by atoms with Crippen LogP contribution < -0.4 is 39.3 Å². The molecule has 17 nitrogen and oxygen atoms in total. The first kappa shape index (κ1) is 33.8. The molecule has 0 aromatic carbocycles. The molecule has 16 atom stereocenters. The van der Waals surface area contributed by atoms with Crippen LogP contribution >= 0.6 is 0 Å². The normalized spacial score (nSPS) is 49.5. The highest BCUT2D eigenvalue weighted by molar-refractivity contribution is 5.89. The first-order chi connectivity index (χ1) is 19.9. The number of aliphatic hydroxyl groups is 6. The summed E-state index contributed by atoms with van der Waals surface area (Å²) in [5, 5.41) is 69.6. The molecule has 42 heavy (non-hydrogen) atoms. The van der Waals surface area contributed by atoms with Crippen LogP contribution in [0.25, 0.3) is 0 Å². The number of nitrogens with two attached hydrogens (primary N) is 5. The summed E-state index contributed by atoms with van der Waals surface area (Å²) in [5.74, 6) is -1.58. The maximum Gasteiger partial charge on any atom is 0.253 e. The van der Waals surface area contributed by atoms with E-state index in [2.05, 4.69) is 10.6 Å². The number of nitrogens with one attached hydrogen (secondary N) is 2. The number of rotatable bonds is 11. The lowest BCUT2D eigenvalue weighted by Gasteiger charge is -2.52. The average Bonchev–Trinajstić information content (AvgIpc) is 3.58. The minimum atomic E-state index is -1.78. The Morgan fingerprint density at radius 1 is 0.976 bits per heavy atom. The summed E-state index contributed by atoms with van der Waals surface area (Å²) in [6, 6.07) is -4.20. The number of hydrogen-bond acceptors (Lipinski definition) is 16. The van der Waals surface area contributed by atoms with Crippen LogP contribution in [0.2, 0.25) is 0 Å². The lowest BCUT2D eigenvalue weighted by molar-refractivity contribution is -0.307. The van der Waals surface area contributed by atoms with Crippen molar-refractivity contribution >= 4 is 5.91 Å². The molecule has 2 heterocycles. The standard InChI is InChI=1S/C25H49N7O10/c26-2-1-3-31-10-5-12(34)13(7-27)40-21(10)16-9(28)4-11(32-24(38)25(39)6-15(25)29)22(19(16)36)42-23-20(37)17(30)18(35)14(8-33)41-23/h9-23,31,33-37,39H,1-8,26-30H2,(H,32,38)/t9-,10+,11+,12-,13+,14+,15?,16?,17-,18+,19-,20+,21-,22-,23+,25?/m0/s1. The Bertz CT molecular complexity index is 910. The van der Waals surface area contributed by atoms with Gasteiger partial charge in [-0.3, -0.25) is 4.79 Å². The minimum absolute atomic E-state index is 0.0214. The zero-order chi connectivity index (χ0) is 30.9. The summed E-state index contributed by atoms with van der Waals surface area (Å²) in [6.45, 7) is 0.352. The van der Waals surface area contributed by atoms with E-state index in [0.717, 1.165) is 0 Å². The van der Waals surface area contributed by atoms with Crippen molar-refractivity contribution in [2.75, 3.05) is 26.2 Å². The van der Waals surface area contributed by atoms with E-state index in [0.29, 0.717) is 19.5 Å². The zero-order valence-electron chi connectivity index (χ0n) is 23.5. The summed E-state index contributed by atoms with van der Waals surface area (Å²) in [5.41, 5.74) is 28.1. The van der Waals surface area contributed by atoms with E-state index in [1.54, 1.807) is 0 Å². The molecule has 2 aliphatic heterocycles. The van der Waals surface area contributed by atoms with E-state index in [1.165, 1.54) is 0 Å². The Morgan fingerprint density at radius 2 is 1.67 bits per heavy atom. The van der Waals surface area contributed by atoms with Crippen LogP contribution in [0.1, 0.15) is 25.7 Å². The van der Waals surface area contributed by atoms with Gasteiger partial charge in [0, 0.05) is 37.0 Å². The van der Waals surface area contributed by atoms with Crippen LogP contribution in [-0.2, 0) is 19.0 Å². The number of aliphatic hydroxyl groups excluding tert-OH is 5. The summed E-state index contributed by atoms with van der Waals surface area (Å²) in [7, 11) is 0. The second-order valence-electron chi connectivity index (χ2n) is 12.0. The molecule has 2 saturated heterocycles. The lowest BCUT2D eigenvalue weighted by atomic mass is 9.71. The number of hydrogen-bond donors (Lipinski definition) is 13. The van der Waals surface area contributed by atoms with Gasteiger partial charge in [-0.1, -0.05) is 0 Å². The Balaban J connectivity index is 1.62. The zero-order valence-corrected chi connectivity index (χ0v) is 23.5. The van der Waals surface area contributed by atoms with E-state index in [4.69, 9.17) is 42.9 Å². The molecule has 18 N–H and O–H groups in total. The van der Waals surface area contributed by atoms with Crippen LogP contribution in [-0.4, -0.2) is 154 Å². The van der Waals surface area contributed by atoms with Gasteiger partial charge in [0.25, 0.3) is 5.91 Å². The molecule has 0 radical (unpaired) electrons. The van der Waals surface area contributed by atoms with Gasteiger partial charge in [0.05, 0.1) is 43.1 Å². The van der Waals surface area contributed by atoms with Gasteiger partial charge in [0.2, 0.25) is 0 Å². The van der Waals surface area contributed by atoms with Gasteiger partial charge in [0.1, 0.15) is 24.4 Å². The molecule has 2 saturated carbocycles. The monoisotopic (exact) mass is 607 g/mol. The van der Waals surface area contributed by atoms with Gasteiger partial charge >= 0.3 is 0 Å². The SMILES string of the molecule is NCCCN[C@@H]1C[C@H](O)[C@@H](CN)O[C@@H]1C1[C@@H](N)C[C@@H](NC(=O)C2(O)CC2N)[C@H](O[C@H]2O[C@H](CO)[C@@H](O)[C@H](N)[C@H]2O)[C@H]1O. The number of carbonyl (C=O) groups is 1. The van der Waals surface area contributed by atoms with Crippen LogP contribution in [0.4, 0.5) is 0 Å². The molecule has 4 rings (SSSR count). The van der Waals surface area contributed by atoms with E-state index in [9.17, 15) is 35.4 Å². The molecule has 3 unspecified atom stereocenters. The van der Waals surface area contributed by atoms with Crippen LogP contribution in [0.5, 0.6) is 0 Å². The van der Waals surface area contributed by atoms with Crippen molar-refractivity contribution in [1.29, 1.82) is 0 Å². The van der Waals surface area contributed by atoms with Gasteiger partial charge in [0.15, 0.2) is 11.9 Å². The van der Waals surface area contributed by atoms with Crippen molar-refractivity contribution in [1.82, 2.24) is 10.6 Å². The van der Waals surface area contributed by atoms with E-state index in [-0.39, 0.29) is 25.8 Å². The molecular formula is C25H49N7O10. The highest BCUT2D eigenvalue weighted by Gasteiger charge is 2.59. The van der Waals surface area contributed by atoms with Gasteiger partial charge in [-0.15, -0.1) is 0 Å². The smallest absolute Gasteiger partial charge is 0.253 e. The molecule has 0 aromatic heterocycles. The first-order valence-corrected chi connectivity index (χ1v) is 14.6. The third kappa shape index (κ3) is 6.75. The highest BCUT2D eigenvalue weighted by Crippen LogP contribution is 2.39. The third-order valence-corrected chi connectivity index (χ3v) is 9.12. The van der Waals surface area contributed by atoms with Crippen molar-refractivity contribution in [3.05, 3.63) is 0 Å². The van der Waals surface area contributed by atoms with E-state index in [1.807, 2.05) is 0 Å². The second-order valence-corrected chi connectivity index (χ2v) is 12.0. The molecule has 17 heteroatoms. The van der Waals surface area contributed by atoms with Gasteiger partial charge in [-0.2, -0.15) is 0 Å². The van der Waals surface area contributed by atoms with Crippen molar-refractivity contribution < 1.29 is 49.6 Å². The fourth-order valence-electron chi connectivity index (χ4n) is 6.36. The number of carbonyl (C=O) groups excluding carboxylic acids is 1. The van der Waals surface area contributed by atoms with Gasteiger partial charge < -0.3 is 84.2 Å². The predicted octanol–water partition coefficient (Wildman–Crippen LogP) is -7.42. The highest BCUT2D eigenvalue weighted by atomic mass is 16.7. The van der Waals surface area contributed by atoms with Crippen LogP contribution in [0.3, 0.4) is 0 Å². The third-order valence-electron chi connectivity index (χ3n) is 9.12. The Labute approximate surface area is 244 Å².